The van der Waals surface area contributed by atoms with E-state index in [-0.39, 0.29) is 17.6 Å². The van der Waals surface area contributed by atoms with Crippen molar-refractivity contribution in [1.82, 2.24) is 14.5 Å². The van der Waals surface area contributed by atoms with E-state index in [1.54, 1.807) is 29.6 Å². The third kappa shape index (κ3) is 4.27. The number of hydrogen-bond acceptors (Lipinski definition) is 5. The van der Waals surface area contributed by atoms with Crippen LogP contribution in [-0.2, 0) is 16.1 Å². The van der Waals surface area contributed by atoms with Crippen molar-refractivity contribution in [3.8, 4) is 0 Å². The van der Waals surface area contributed by atoms with Crippen molar-refractivity contribution in [3.05, 3.63) is 70.5 Å². The number of ether oxygens (including phenoxy) is 1. The number of carbonyl (C=O) groups is 1. The van der Waals surface area contributed by atoms with Crippen LogP contribution in [0.15, 0.2) is 64.5 Å². The molecule has 3 aromatic rings. The van der Waals surface area contributed by atoms with E-state index in [9.17, 15) is 9.59 Å². The Morgan fingerprint density at radius 3 is 2.63 bits per heavy atom. The summed E-state index contributed by atoms with van der Waals surface area (Å²) in [4.78, 5) is 32.7. The van der Waals surface area contributed by atoms with Crippen LogP contribution in [0.2, 0.25) is 0 Å². The molecule has 4 rings (SSSR count). The summed E-state index contributed by atoms with van der Waals surface area (Å²) in [7, 11) is 3.48. The van der Waals surface area contributed by atoms with Crippen LogP contribution < -0.4 is 5.56 Å². The third-order valence-electron chi connectivity index (χ3n) is 5.23. The number of amides is 1. The monoisotopic (exact) mass is 423 g/mol. The van der Waals surface area contributed by atoms with E-state index in [1.165, 1.54) is 11.8 Å². The summed E-state index contributed by atoms with van der Waals surface area (Å²) >= 11 is 1.32. The highest BCUT2D eigenvalue weighted by molar-refractivity contribution is 8.00. The predicted octanol–water partition coefficient (Wildman–Crippen LogP) is 3.50. The first-order valence-electron chi connectivity index (χ1n) is 10.1. The Morgan fingerprint density at radius 1 is 1.20 bits per heavy atom. The molecule has 1 saturated heterocycles. The molecule has 0 spiro atoms. The second kappa shape index (κ2) is 9.02. The number of thioether (sulfide) groups is 1. The van der Waals surface area contributed by atoms with E-state index < -0.39 is 5.25 Å². The minimum Gasteiger partial charge on any atom is -0.376 e. The van der Waals surface area contributed by atoms with Crippen molar-refractivity contribution in [2.24, 2.45) is 0 Å². The lowest BCUT2D eigenvalue weighted by Gasteiger charge is -2.22. The Balaban J connectivity index is 1.80. The molecule has 0 saturated carbocycles. The number of hydrogen-bond donors (Lipinski definition) is 0. The van der Waals surface area contributed by atoms with Crippen LogP contribution >= 0.6 is 11.8 Å². The lowest BCUT2D eigenvalue weighted by Crippen LogP contribution is -2.30. The van der Waals surface area contributed by atoms with Gasteiger partial charge in [-0.05, 0) is 30.5 Å². The normalized spacial score (nSPS) is 17.2. The van der Waals surface area contributed by atoms with Gasteiger partial charge in [0.15, 0.2) is 5.16 Å². The van der Waals surface area contributed by atoms with E-state index in [4.69, 9.17) is 9.72 Å². The maximum absolute atomic E-state index is 13.3. The van der Waals surface area contributed by atoms with Crippen molar-refractivity contribution in [2.45, 2.75) is 35.9 Å². The van der Waals surface area contributed by atoms with Crippen molar-refractivity contribution >= 4 is 28.6 Å². The molecule has 30 heavy (non-hydrogen) atoms. The van der Waals surface area contributed by atoms with Gasteiger partial charge in [-0.25, -0.2) is 4.98 Å². The van der Waals surface area contributed by atoms with Crippen LogP contribution in [0.25, 0.3) is 10.9 Å². The summed E-state index contributed by atoms with van der Waals surface area (Å²) in [6.07, 6.45) is 1.90. The van der Waals surface area contributed by atoms with Gasteiger partial charge >= 0.3 is 0 Å². The van der Waals surface area contributed by atoms with Gasteiger partial charge in [0.05, 0.1) is 23.6 Å². The van der Waals surface area contributed by atoms with Crippen molar-refractivity contribution in [3.63, 3.8) is 0 Å². The van der Waals surface area contributed by atoms with Crippen molar-refractivity contribution < 1.29 is 9.53 Å². The van der Waals surface area contributed by atoms with Crippen LogP contribution in [-0.4, -0.2) is 47.2 Å². The molecule has 1 aliphatic heterocycles. The minimum atomic E-state index is -0.495. The van der Waals surface area contributed by atoms with E-state index >= 15 is 0 Å². The summed E-state index contributed by atoms with van der Waals surface area (Å²) in [6, 6.07) is 17.0. The zero-order chi connectivity index (χ0) is 21.1. The van der Waals surface area contributed by atoms with Gasteiger partial charge in [-0.1, -0.05) is 54.2 Å². The molecule has 1 aromatic heterocycles. The van der Waals surface area contributed by atoms with E-state index in [0.717, 1.165) is 18.4 Å². The molecule has 0 bridgehead atoms. The molecular weight excluding hydrogens is 398 g/mol. The average molecular weight is 424 g/mol. The first-order valence-corrected chi connectivity index (χ1v) is 11.0. The summed E-state index contributed by atoms with van der Waals surface area (Å²) in [5.41, 5.74) is 1.42. The van der Waals surface area contributed by atoms with E-state index in [2.05, 4.69) is 0 Å². The van der Waals surface area contributed by atoms with Crippen LogP contribution in [0.4, 0.5) is 0 Å². The number of rotatable bonds is 6. The minimum absolute atomic E-state index is 0.00950. The number of para-hydroxylation sites is 1. The quantitative estimate of drug-likeness (QED) is 0.449. The second-order valence-electron chi connectivity index (χ2n) is 7.60. The number of benzene rings is 2. The summed E-state index contributed by atoms with van der Waals surface area (Å²) in [6.45, 7) is 1.16. The molecule has 0 N–H and O–H groups in total. The standard InChI is InChI=1S/C23H25N3O3S/c1-25(2)22(28)20(16-9-4-3-5-10-16)30-23-24-19-13-7-6-12-18(19)21(27)26(23)15-17-11-8-14-29-17/h3-7,9-10,12-13,17,20H,8,11,14-15H2,1-2H3/t17-,20+/m0/s1. The molecule has 156 valence electrons. The zero-order valence-corrected chi connectivity index (χ0v) is 18.0. The van der Waals surface area contributed by atoms with Gasteiger partial charge < -0.3 is 9.64 Å². The first kappa shape index (κ1) is 20.6. The summed E-state index contributed by atoms with van der Waals surface area (Å²) in [5.74, 6) is -0.0442. The molecule has 1 aliphatic rings. The molecular formula is C23H25N3O3S. The van der Waals surface area contributed by atoms with Crippen LogP contribution in [0.5, 0.6) is 0 Å². The van der Waals surface area contributed by atoms with Gasteiger partial charge in [-0.15, -0.1) is 0 Å². The van der Waals surface area contributed by atoms with Crippen molar-refractivity contribution in [2.75, 3.05) is 20.7 Å². The van der Waals surface area contributed by atoms with Crippen LogP contribution in [0, 0.1) is 0 Å². The smallest absolute Gasteiger partial charge is 0.262 e. The maximum atomic E-state index is 13.3. The molecule has 7 heteroatoms. The fourth-order valence-electron chi connectivity index (χ4n) is 3.62. The molecule has 1 amide bonds. The molecule has 0 aliphatic carbocycles. The molecule has 0 radical (unpaired) electrons. The Kier molecular flexibility index (Phi) is 6.20. The van der Waals surface area contributed by atoms with E-state index in [1.807, 2.05) is 48.5 Å². The lowest BCUT2D eigenvalue weighted by atomic mass is 10.1. The number of nitrogens with zero attached hydrogens (tertiary/aromatic N) is 3. The number of fused-ring (bicyclic) bond motifs is 1. The number of carbonyl (C=O) groups excluding carboxylic acids is 1. The van der Waals surface area contributed by atoms with Gasteiger partial charge in [-0.3, -0.25) is 14.2 Å². The molecule has 1 fully saturated rings. The second-order valence-corrected chi connectivity index (χ2v) is 8.68. The molecule has 2 heterocycles. The van der Waals surface area contributed by atoms with E-state index in [0.29, 0.717) is 29.2 Å². The Hall–Kier alpha value is -2.64. The molecule has 2 atom stereocenters. The Labute approximate surface area is 179 Å². The van der Waals surface area contributed by atoms with Crippen LogP contribution in [0.1, 0.15) is 23.7 Å². The fourth-order valence-corrected chi connectivity index (χ4v) is 4.87. The third-order valence-corrected chi connectivity index (χ3v) is 6.46. The highest BCUT2D eigenvalue weighted by atomic mass is 32.2. The van der Waals surface area contributed by atoms with Gasteiger partial charge in [0.1, 0.15) is 5.25 Å². The van der Waals surface area contributed by atoms with Gasteiger partial charge in [0, 0.05) is 20.7 Å². The van der Waals surface area contributed by atoms with Gasteiger partial charge in [0.25, 0.3) is 5.56 Å². The van der Waals surface area contributed by atoms with Gasteiger partial charge in [-0.2, -0.15) is 0 Å². The Bertz CT molecular complexity index is 1090. The molecule has 0 unspecified atom stereocenters. The average Bonchev–Trinajstić information content (AvgIpc) is 3.28. The molecule has 2 aromatic carbocycles. The van der Waals surface area contributed by atoms with Crippen LogP contribution in [0.3, 0.4) is 0 Å². The number of aromatic nitrogens is 2. The zero-order valence-electron chi connectivity index (χ0n) is 17.2. The highest BCUT2D eigenvalue weighted by Gasteiger charge is 2.27. The Morgan fingerprint density at radius 2 is 1.93 bits per heavy atom. The summed E-state index contributed by atoms with van der Waals surface area (Å²) < 4.78 is 7.46. The predicted molar refractivity (Wildman–Crippen MR) is 119 cm³/mol. The lowest BCUT2D eigenvalue weighted by molar-refractivity contribution is -0.128. The number of likely N-dealkylation sites (N-methyl/N-ethyl adjacent to an activating group) is 1. The van der Waals surface area contributed by atoms with Gasteiger partial charge in [0.2, 0.25) is 5.91 Å². The van der Waals surface area contributed by atoms with Crippen molar-refractivity contribution in [1.29, 1.82) is 0 Å². The summed E-state index contributed by atoms with van der Waals surface area (Å²) in [5, 5.41) is 0.623. The SMILES string of the molecule is CN(C)C(=O)[C@H](Sc1nc2ccccc2c(=O)n1C[C@@H]1CCCO1)c1ccccc1. The first-order chi connectivity index (χ1) is 14.5. The maximum Gasteiger partial charge on any atom is 0.262 e. The largest absolute Gasteiger partial charge is 0.376 e. The molecule has 6 nitrogen and oxygen atoms in total. The topological polar surface area (TPSA) is 64.4 Å². The fraction of sp³-hybridized carbons (Fsp3) is 0.348. The highest BCUT2D eigenvalue weighted by Crippen LogP contribution is 2.36.